The van der Waals surface area contributed by atoms with Crippen molar-refractivity contribution in [1.82, 2.24) is 0 Å². The van der Waals surface area contributed by atoms with E-state index in [0.29, 0.717) is 6.42 Å². The number of hydrogen-bond donors (Lipinski definition) is 0. The average molecular weight is 411 g/mol. The molecule has 0 amide bonds. The van der Waals surface area contributed by atoms with Crippen molar-refractivity contribution < 1.29 is 13.6 Å². The molecule has 0 spiro atoms. The molecule has 156 valence electrons. The van der Waals surface area contributed by atoms with Crippen LogP contribution in [-0.2, 0) is 13.6 Å². The SMILES string of the molecule is CC[Si](CC)(CC)O[C@@H]1CC2=CC(=O)CCC[C@@]2(O[Si](CC)(CC)CC)C1. The topological polar surface area (TPSA) is 35.5 Å². The number of hydrogen-bond acceptors (Lipinski definition) is 3. The van der Waals surface area contributed by atoms with Crippen molar-refractivity contribution in [1.29, 1.82) is 0 Å². The van der Waals surface area contributed by atoms with Crippen LogP contribution in [0.3, 0.4) is 0 Å². The number of allylic oxidation sites excluding steroid dienone is 1. The molecule has 0 radical (unpaired) electrons. The fourth-order valence-corrected chi connectivity index (χ4v) is 11.2. The molecule has 27 heavy (non-hydrogen) atoms. The van der Waals surface area contributed by atoms with Gasteiger partial charge in [0.15, 0.2) is 22.4 Å². The van der Waals surface area contributed by atoms with Gasteiger partial charge in [0.05, 0.1) is 11.7 Å². The van der Waals surface area contributed by atoms with Gasteiger partial charge in [0.1, 0.15) is 0 Å². The van der Waals surface area contributed by atoms with E-state index in [-0.39, 0.29) is 17.5 Å². The zero-order valence-electron chi connectivity index (χ0n) is 18.7. The quantitative estimate of drug-likeness (QED) is 0.380. The highest BCUT2D eigenvalue weighted by Crippen LogP contribution is 2.48. The lowest BCUT2D eigenvalue weighted by Crippen LogP contribution is -2.47. The Bertz CT molecular complexity index is 521. The Morgan fingerprint density at radius 1 is 0.963 bits per heavy atom. The summed E-state index contributed by atoms with van der Waals surface area (Å²) in [5.74, 6) is 0.290. The van der Waals surface area contributed by atoms with Crippen LogP contribution in [-0.4, -0.2) is 34.1 Å². The van der Waals surface area contributed by atoms with Gasteiger partial charge in [-0.25, -0.2) is 0 Å². The van der Waals surface area contributed by atoms with Gasteiger partial charge < -0.3 is 8.85 Å². The highest BCUT2D eigenvalue weighted by Gasteiger charge is 2.51. The van der Waals surface area contributed by atoms with E-state index in [0.717, 1.165) is 43.8 Å². The number of rotatable bonds is 10. The minimum Gasteiger partial charge on any atom is -0.413 e. The maximum absolute atomic E-state index is 12.3. The zero-order chi connectivity index (χ0) is 20.1. The lowest BCUT2D eigenvalue weighted by molar-refractivity contribution is -0.114. The van der Waals surface area contributed by atoms with E-state index in [2.05, 4.69) is 41.5 Å². The largest absolute Gasteiger partial charge is 0.413 e. The highest BCUT2D eigenvalue weighted by molar-refractivity contribution is 6.74. The average Bonchev–Trinajstić information content (AvgIpc) is 2.92. The molecule has 0 aromatic heterocycles. The van der Waals surface area contributed by atoms with Crippen LogP contribution < -0.4 is 0 Å². The molecule has 0 aliphatic heterocycles. The van der Waals surface area contributed by atoms with Crippen LogP contribution in [0.15, 0.2) is 11.6 Å². The molecule has 2 aliphatic rings. The summed E-state index contributed by atoms with van der Waals surface area (Å²) in [6.07, 6.45) is 6.69. The second-order valence-electron chi connectivity index (χ2n) is 8.72. The van der Waals surface area contributed by atoms with E-state index in [1.807, 2.05) is 6.08 Å². The first-order valence-electron chi connectivity index (χ1n) is 11.5. The molecule has 3 nitrogen and oxygen atoms in total. The third-order valence-electron chi connectivity index (χ3n) is 7.62. The van der Waals surface area contributed by atoms with Crippen LogP contribution in [0.4, 0.5) is 0 Å². The molecule has 0 saturated heterocycles. The Kier molecular flexibility index (Phi) is 8.12. The van der Waals surface area contributed by atoms with Gasteiger partial charge in [0.25, 0.3) is 0 Å². The lowest BCUT2D eigenvalue weighted by Gasteiger charge is -2.41. The number of carbonyl (C=O) groups is 1. The Balaban J connectivity index is 2.34. The number of ketones is 1. The molecule has 2 aliphatic carbocycles. The van der Waals surface area contributed by atoms with Crippen molar-refractivity contribution >= 4 is 22.4 Å². The smallest absolute Gasteiger partial charge is 0.193 e. The summed E-state index contributed by atoms with van der Waals surface area (Å²) in [4.78, 5) is 12.3. The summed E-state index contributed by atoms with van der Waals surface area (Å²) >= 11 is 0. The van der Waals surface area contributed by atoms with Crippen LogP contribution in [0, 0.1) is 0 Å². The van der Waals surface area contributed by atoms with Crippen molar-refractivity contribution in [2.45, 2.75) is 122 Å². The second-order valence-corrected chi connectivity index (χ2v) is 18.1. The standard InChI is InChI=1S/C22H42O3Si2/c1-7-26(8-2,9-3)24-21-17-19-16-20(23)14-13-15-22(19,18-21)25-27(10-4,11-5)12-6/h16,21H,7-15,17-18H2,1-6H3/t21-,22-/m1/s1. The first-order chi connectivity index (χ1) is 12.9. The van der Waals surface area contributed by atoms with Gasteiger partial charge in [-0.15, -0.1) is 0 Å². The van der Waals surface area contributed by atoms with Crippen molar-refractivity contribution in [2.24, 2.45) is 0 Å². The van der Waals surface area contributed by atoms with Gasteiger partial charge >= 0.3 is 0 Å². The Labute approximate surface area is 169 Å². The molecule has 0 bridgehead atoms. The fraction of sp³-hybridized carbons (Fsp3) is 0.864. The third kappa shape index (κ3) is 4.85. The monoisotopic (exact) mass is 410 g/mol. The molecule has 0 N–H and O–H groups in total. The zero-order valence-corrected chi connectivity index (χ0v) is 20.7. The molecule has 2 atom stereocenters. The summed E-state index contributed by atoms with van der Waals surface area (Å²) in [5.41, 5.74) is 1.04. The molecular weight excluding hydrogens is 368 g/mol. The maximum atomic E-state index is 12.3. The van der Waals surface area contributed by atoms with E-state index in [9.17, 15) is 4.79 Å². The van der Waals surface area contributed by atoms with Gasteiger partial charge in [0, 0.05) is 12.8 Å². The van der Waals surface area contributed by atoms with Crippen LogP contribution in [0.1, 0.15) is 73.6 Å². The summed E-state index contributed by atoms with van der Waals surface area (Å²) in [7, 11) is -3.40. The summed E-state index contributed by atoms with van der Waals surface area (Å²) in [5, 5.41) is 0. The van der Waals surface area contributed by atoms with Crippen molar-refractivity contribution in [3.8, 4) is 0 Å². The van der Waals surface area contributed by atoms with Gasteiger partial charge in [-0.05, 0) is 67.2 Å². The molecule has 0 aromatic rings. The van der Waals surface area contributed by atoms with Gasteiger partial charge in [0.2, 0.25) is 0 Å². The summed E-state index contributed by atoms with van der Waals surface area (Å²) < 4.78 is 14.0. The highest BCUT2D eigenvalue weighted by atomic mass is 28.4. The molecule has 1 saturated carbocycles. The van der Waals surface area contributed by atoms with Crippen molar-refractivity contribution in [3.05, 3.63) is 11.6 Å². The summed E-state index contributed by atoms with van der Waals surface area (Å²) in [6, 6.07) is 7.02. The number of fused-ring (bicyclic) bond motifs is 1. The van der Waals surface area contributed by atoms with E-state index in [1.54, 1.807) is 0 Å². The molecule has 1 fully saturated rings. The molecule has 0 heterocycles. The van der Waals surface area contributed by atoms with Gasteiger partial charge in [-0.3, -0.25) is 4.79 Å². The maximum Gasteiger partial charge on any atom is 0.193 e. The van der Waals surface area contributed by atoms with E-state index < -0.39 is 16.6 Å². The Morgan fingerprint density at radius 2 is 1.52 bits per heavy atom. The lowest BCUT2D eigenvalue weighted by atomic mass is 9.93. The molecule has 2 rings (SSSR count). The number of carbonyl (C=O) groups excluding carboxylic acids is 1. The molecule has 5 heteroatoms. The molecule has 0 unspecified atom stereocenters. The molecule has 0 aromatic carbocycles. The van der Waals surface area contributed by atoms with E-state index in [4.69, 9.17) is 8.85 Å². The molecular formula is C22H42O3Si2. The van der Waals surface area contributed by atoms with E-state index in [1.165, 1.54) is 23.7 Å². The van der Waals surface area contributed by atoms with Crippen molar-refractivity contribution in [3.63, 3.8) is 0 Å². The Hall–Kier alpha value is -0.236. The van der Waals surface area contributed by atoms with Crippen LogP contribution in [0.5, 0.6) is 0 Å². The minimum atomic E-state index is -1.75. The van der Waals surface area contributed by atoms with Crippen LogP contribution in [0.2, 0.25) is 36.3 Å². The summed E-state index contributed by atoms with van der Waals surface area (Å²) in [6.45, 7) is 13.8. The first kappa shape index (κ1) is 23.0. The van der Waals surface area contributed by atoms with Gasteiger partial charge in [-0.1, -0.05) is 41.5 Å². The van der Waals surface area contributed by atoms with Gasteiger partial charge in [-0.2, -0.15) is 0 Å². The van der Waals surface area contributed by atoms with Crippen LogP contribution in [0.25, 0.3) is 0 Å². The predicted octanol–water partition coefficient (Wildman–Crippen LogP) is 6.61. The van der Waals surface area contributed by atoms with Crippen molar-refractivity contribution in [2.75, 3.05) is 0 Å². The van der Waals surface area contributed by atoms with Crippen LogP contribution >= 0.6 is 0 Å². The fourth-order valence-electron chi connectivity index (χ4n) is 5.25. The first-order valence-corrected chi connectivity index (χ1v) is 16.5. The normalized spacial score (nSPS) is 26.7. The third-order valence-corrected chi connectivity index (χ3v) is 17.0. The Morgan fingerprint density at radius 3 is 2.04 bits per heavy atom. The predicted molar refractivity (Wildman–Crippen MR) is 119 cm³/mol. The second kappa shape index (κ2) is 9.51. The minimum absolute atomic E-state index is 0.222. The van der Waals surface area contributed by atoms with E-state index >= 15 is 0 Å².